The van der Waals surface area contributed by atoms with Crippen molar-refractivity contribution in [2.75, 3.05) is 42.2 Å². The number of amides is 2. The zero-order chi connectivity index (χ0) is 31.1. The highest BCUT2D eigenvalue weighted by Crippen LogP contribution is 2.30. The lowest BCUT2D eigenvalue weighted by Crippen LogP contribution is -2.25. The first kappa shape index (κ1) is 30.6. The Kier molecular flexibility index (Phi) is 9.47. The van der Waals surface area contributed by atoms with Crippen molar-refractivity contribution in [3.63, 3.8) is 0 Å². The summed E-state index contributed by atoms with van der Waals surface area (Å²) in [6.07, 6.45) is 0.674. The zero-order valence-electron chi connectivity index (χ0n) is 23.2. The SMILES string of the molecule is O=C(Nc1c#cc(Cl)c(C(=O)Nc2cnc(Nc3ccc(OCCN4CCCC4)cc3)nc2)c1)c1cccc(C(F)(F)F)c1. The average molecular weight is 623 g/mol. The number of halogens is 4. The van der Waals surface area contributed by atoms with E-state index in [1.54, 1.807) is 0 Å². The van der Waals surface area contributed by atoms with Gasteiger partial charge in [0, 0.05) is 17.8 Å². The van der Waals surface area contributed by atoms with Crippen LogP contribution in [0, 0.1) is 12.1 Å². The molecular weight excluding hydrogens is 597 g/mol. The van der Waals surface area contributed by atoms with E-state index >= 15 is 0 Å². The lowest BCUT2D eigenvalue weighted by Gasteiger charge is -2.15. The Morgan fingerprint density at radius 3 is 2.36 bits per heavy atom. The summed E-state index contributed by atoms with van der Waals surface area (Å²) in [7, 11) is 0. The van der Waals surface area contributed by atoms with Gasteiger partial charge in [0.25, 0.3) is 11.8 Å². The molecule has 0 unspecified atom stereocenters. The lowest BCUT2D eigenvalue weighted by atomic mass is 10.1. The van der Waals surface area contributed by atoms with Gasteiger partial charge in [0.05, 0.1) is 34.9 Å². The third-order valence-electron chi connectivity index (χ3n) is 6.67. The second-order valence-electron chi connectivity index (χ2n) is 9.86. The molecule has 3 N–H and O–H groups in total. The third-order valence-corrected chi connectivity index (χ3v) is 6.97. The minimum Gasteiger partial charge on any atom is -0.492 e. The van der Waals surface area contributed by atoms with E-state index in [0.717, 1.165) is 49.3 Å². The van der Waals surface area contributed by atoms with Crippen molar-refractivity contribution in [1.82, 2.24) is 14.9 Å². The normalized spacial score (nSPS) is 13.2. The lowest BCUT2D eigenvalue weighted by molar-refractivity contribution is -0.137. The predicted octanol–water partition coefficient (Wildman–Crippen LogP) is 6.47. The van der Waals surface area contributed by atoms with Crippen molar-refractivity contribution >= 4 is 46.4 Å². The van der Waals surface area contributed by atoms with Crippen molar-refractivity contribution in [2.45, 2.75) is 19.0 Å². The molecule has 3 aromatic carbocycles. The summed E-state index contributed by atoms with van der Waals surface area (Å²) in [5.41, 5.74) is -0.254. The fourth-order valence-corrected chi connectivity index (χ4v) is 4.60. The van der Waals surface area contributed by atoms with Crippen LogP contribution in [0.4, 0.5) is 36.2 Å². The summed E-state index contributed by atoms with van der Waals surface area (Å²) >= 11 is 6.13. The maximum absolute atomic E-state index is 13.0. The summed E-state index contributed by atoms with van der Waals surface area (Å²) in [6.45, 7) is 3.79. The molecule has 1 aromatic heterocycles. The first-order valence-corrected chi connectivity index (χ1v) is 14.0. The molecule has 2 amide bonds. The quantitative estimate of drug-likeness (QED) is 0.186. The van der Waals surface area contributed by atoms with Gasteiger partial charge in [-0.1, -0.05) is 17.7 Å². The van der Waals surface area contributed by atoms with E-state index in [0.29, 0.717) is 12.6 Å². The number of benzene rings is 2. The molecule has 0 atom stereocenters. The Morgan fingerprint density at radius 1 is 0.932 bits per heavy atom. The third kappa shape index (κ3) is 8.15. The molecule has 0 saturated carbocycles. The number of alkyl halides is 3. The van der Waals surface area contributed by atoms with Crippen molar-refractivity contribution < 1.29 is 27.5 Å². The van der Waals surface area contributed by atoms with Gasteiger partial charge in [-0.15, -0.1) is 0 Å². The van der Waals surface area contributed by atoms with Crippen molar-refractivity contribution in [2.24, 2.45) is 0 Å². The maximum Gasteiger partial charge on any atom is 0.416 e. The fourth-order valence-electron chi connectivity index (χ4n) is 4.42. The molecule has 4 aromatic rings. The summed E-state index contributed by atoms with van der Waals surface area (Å²) < 4.78 is 44.8. The van der Waals surface area contributed by atoms with E-state index in [9.17, 15) is 22.8 Å². The van der Waals surface area contributed by atoms with Gasteiger partial charge in [0.2, 0.25) is 5.95 Å². The molecule has 0 bridgehead atoms. The molecule has 1 saturated heterocycles. The number of likely N-dealkylation sites (tertiary alicyclic amines) is 1. The number of nitrogens with zero attached hydrogens (tertiary/aromatic N) is 3. The number of aromatic nitrogens is 2. The number of nitrogens with one attached hydrogen (secondary N) is 3. The van der Waals surface area contributed by atoms with Crippen LogP contribution in [0.2, 0.25) is 5.02 Å². The highest BCUT2D eigenvalue weighted by molar-refractivity contribution is 6.34. The largest absolute Gasteiger partial charge is 0.492 e. The summed E-state index contributed by atoms with van der Waals surface area (Å²) in [6, 6.07) is 17.7. The van der Waals surface area contributed by atoms with Crippen LogP contribution in [-0.4, -0.2) is 52.9 Å². The van der Waals surface area contributed by atoms with E-state index in [-0.39, 0.29) is 27.5 Å². The van der Waals surface area contributed by atoms with Crippen LogP contribution < -0.4 is 20.7 Å². The molecule has 1 aliphatic rings. The molecule has 44 heavy (non-hydrogen) atoms. The molecule has 13 heteroatoms. The van der Waals surface area contributed by atoms with E-state index in [2.05, 4.69) is 43.0 Å². The van der Waals surface area contributed by atoms with Gasteiger partial charge in [-0.3, -0.25) is 14.5 Å². The number of ether oxygens (including phenoxy) is 1. The number of carbonyl (C=O) groups excluding carboxylic acids is 2. The summed E-state index contributed by atoms with van der Waals surface area (Å²) in [5, 5.41) is 8.00. The molecule has 1 fully saturated rings. The van der Waals surface area contributed by atoms with E-state index in [1.165, 1.54) is 37.4 Å². The molecule has 226 valence electrons. The molecule has 0 spiro atoms. The van der Waals surface area contributed by atoms with Crippen LogP contribution in [0.1, 0.15) is 39.1 Å². The Morgan fingerprint density at radius 2 is 1.66 bits per heavy atom. The standard InChI is InChI=1S/C31H26ClF3N6O3/c32-27-11-8-23(38-28(42)20-4-3-5-21(16-20)31(33,34)35)17-26(27)29(43)39-24-18-36-30(37-19-24)40-22-6-9-25(10-7-22)44-15-14-41-12-1-2-13-41/h3-7,9-10,16-19H,1-2,12-15H2,(H,38,42)(H,39,43)(H,36,37,40). The fraction of sp³-hybridized carbons (Fsp3) is 0.226. The summed E-state index contributed by atoms with van der Waals surface area (Å²) in [5.74, 6) is -0.419. The van der Waals surface area contributed by atoms with Crippen LogP contribution in [0.3, 0.4) is 0 Å². The number of rotatable bonds is 10. The van der Waals surface area contributed by atoms with E-state index in [1.807, 2.05) is 24.3 Å². The van der Waals surface area contributed by atoms with Gasteiger partial charge in [-0.2, -0.15) is 13.2 Å². The second-order valence-corrected chi connectivity index (χ2v) is 10.2. The molecule has 9 nitrogen and oxygen atoms in total. The maximum atomic E-state index is 13.0. The number of hydrogen-bond acceptors (Lipinski definition) is 7. The number of hydrogen-bond donors (Lipinski definition) is 3. The van der Waals surface area contributed by atoms with Gasteiger partial charge >= 0.3 is 6.18 Å². The minimum absolute atomic E-state index is 0.0132. The van der Waals surface area contributed by atoms with Crippen molar-refractivity contribution in [1.29, 1.82) is 0 Å². The van der Waals surface area contributed by atoms with Crippen molar-refractivity contribution in [3.05, 3.63) is 101 Å². The molecule has 5 rings (SSSR count). The average Bonchev–Trinajstić information content (AvgIpc) is 3.53. The molecule has 1 aliphatic heterocycles. The highest BCUT2D eigenvalue weighted by atomic mass is 35.5. The number of carbonyl (C=O) groups is 2. The molecule has 2 heterocycles. The van der Waals surface area contributed by atoms with Crippen LogP contribution in [0.5, 0.6) is 5.75 Å². The van der Waals surface area contributed by atoms with E-state index in [4.69, 9.17) is 16.3 Å². The molecule has 0 aliphatic carbocycles. The molecule has 0 radical (unpaired) electrons. The van der Waals surface area contributed by atoms with Gasteiger partial charge in [0.1, 0.15) is 17.4 Å². The Labute approximate surface area is 256 Å². The van der Waals surface area contributed by atoms with E-state index < -0.39 is 23.6 Å². The van der Waals surface area contributed by atoms with Gasteiger partial charge in [-0.25, -0.2) is 9.97 Å². The molecular formula is C31H26ClF3N6O3. The first-order chi connectivity index (χ1) is 21.1. The van der Waals surface area contributed by atoms with Gasteiger partial charge < -0.3 is 20.7 Å². The van der Waals surface area contributed by atoms with Crippen LogP contribution in [0.25, 0.3) is 0 Å². The Hall–Kier alpha value is -4.86. The highest BCUT2D eigenvalue weighted by Gasteiger charge is 2.31. The summed E-state index contributed by atoms with van der Waals surface area (Å²) in [4.78, 5) is 36.3. The predicted molar refractivity (Wildman–Crippen MR) is 159 cm³/mol. The smallest absolute Gasteiger partial charge is 0.416 e. The minimum atomic E-state index is -4.60. The van der Waals surface area contributed by atoms with Gasteiger partial charge in [0.15, 0.2) is 0 Å². The van der Waals surface area contributed by atoms with Gasteiger partial charge in [-0.05, 0) is 86.6 Å². The second kappa shape index (κ2) is 13.6. The van der Waals surface area contributed by atoms with Crippen LogP contribution in [-0.2, 0) is 6.18 Å². The first-order valence-electron chi connectivity index (χ1n) is 13.6. The van der Waals surface area contributed by atoms with Crippen LogP contribution in [0.15, 0.2) is 67.0 Å². The van der Waals surface area contributed by atoms with Crippen LogP contribution >= 0.6 is 11.6 Å². The topological polar surface area (TPSA) is 108 Å². The number of anilines is 4. The Bertz CT molecular complexity index is 1610. The van der Waals surface area contributed by atoms with Crippen molar-refractivity contribution in [3.8, 4) is 5.75 Å². The zero-order valence-corrected chi connectivity index (χ0v) is 23.9. The monoisotopic (exact) mass is 622 g/mol. The Balaban J connectivity index is 1.15.